The standard InChI is InChI=1S/C28H32ClN5O3/c1-36-25-7-5-22-17-26(25)37-14-2-3-23(35)15-19-9-12-34(13-10-19)18-20-16-21(4-6-24(20)29)31-27-8-11-30-28(32-22)33-27/h4-8,11,16-17,19H,2-3,9-10,12-15,18H2,1H3,(H2,30,31,32,33). The molecule has 2 N–H and O–H groups in total. The molecular weight excluding hydrogens is 490 g/mol. The number of aromatic nitrogens is 2. The highest BCUT2D eigenvalue weighted by molar-refractivity contribution is 6.31. The maximum Gasteiger partial charge on any atom is 0.229 e. The third-order valence-corrected chi connectivity index (χ3v) is 7.24. The molecule has 0 unspecified atom stereocenters. The van der Waals surface area contributed by atoms with E-state index in [4.69, 9.17) is 21.1 Å². The lowest BCUT2D eigenvalue weighted by atomic mass is 9.90. The van der Waals surface area contributed by atoms with Crippen LogP contribution in [0.2, 0.25) is 5.02 Å². The molecule has 0 radical (unpaired) electrons. The molecular formula is C28H32ClN5O3. The number of ketones is 1. The highest BCUT2D eigenvalue weighted by Gasteiger charge is 2.22. The zero-order valence-electron chi connectivity index (χ0n) is 21.0. The lowest BCUT2D eigenvalue weighted by Gasteiger charge is -2.32. The van der Waals surface area contributed by atoms with Crippen molar-refractivity contribution in [2.75, 3.05) is 37.4 Å². The van der Waals surface area contributed by atoms with Crippen molar-refractivity contribution in [1.82, 2.24) is 14.9 Å². The number of hydrogen-bond donors (Lipinski definition) is 2. The molecule has 0 saturated carbocycles. The maximum atomic E-state index is 12.6. The summed E-state index contributed by atoms with van der Waals surface area (Å²) in [5.41, 5.74) is 2.75. The predicted octanol–water partition coefficient (Wildman–Crippen LogP) is 5.97. The third-order valence-electron chi connectivity index (χ3n) is 6.87. The summed E-state index contributed by atoms with van der Waals surface area (Å²) in [5.74, 6) is 3.12. The van der Waals surface area contributed by atoms with Gasteiger partial charge in [0.05, 0.1) is 13.7 Å². The first kappa shape index (κ1) is 25.3. The van der Waals surface area contributed by atoms with Gasteiger partial charge in [-0.25, -0.2) is 4.98 Å². The van der Waals surface area contributed by atoms with Crippen LogP contribution in [-0.4, -0.2) is 47.5 Å². The zero-order valence-corrected chi connectivity index (χ0v) is 21.8. The van der Waals surface area contributed by atoms with Crippen LogP contribution in [0.4, 0.5) is 23.1 Å². The number of benzene rings is 2. The first-order valence-corrected chi connectivity index (χ1v) is 13.1. The average Bonchev–Trinajstić information content (AvgIpc) is 2.90. The number of anilines is 4. The molecule has 1 fully saturated rings. The van der Waals surface area contributed by atoms with Crippen molar-refractivity contribution in [2.24, 2.45) is 5.92 Å². The molecule has 1 aromatic heterocycles. The van der Waals surface area contributed by atoms with Crippen molar-refractivity contribution in [2.45, 2.75) is 38.6 Å². The second-order valence-corrected chi connectivity index (χ2v) is 10.0. The Bertz CT molecular complexity index is 1250. The fraction of sp³-hybridized carbons (Fsp3) is 0.393. The minimum atomic E-state index is 0.311. The average molecular weight is 522 g/mol. The van der Waals surface area contributed by atoms with Crippen molar-refractivity contribution in [3.63, 3.8) is 0 Å². The smallest absolute Gasteiger partial charge is 0.229 e. The quantitative estimate of drug-likeness (QED) is 0.405. The number of piperidine rings is 1. The van der Waals surface area contributed by atoms with Gasteiger partial charge in [0, 0.05) is 48.0 Å². The summed E-state index contributed by atoms with van der Waals surface area (Å²) in [4.78, 5) is 24.0. The van der Waals surface area contributed by atoms with Crippen LogP contribution in [0, 0.1) is 5.92 Å². The van der Waals surface area contributed by atoms with E-state index in [-0.39, 0.29) is 0 Å². The third kappa shape index (κ3) is 6.70. The fourth-order valence-corrected chi connectivity index (χ4v) is 5.05. The number of ether oxygens (including phenoxy) is 2. The van der Waals surface area contributed by atoms with E-state index in [1.807, 2.05) is 36.4 Å². The second kappa shape index (κ2) is 11.8. The molecule has 3 aliphatic rings. The van der Waals surface area contributed by atoms with Gasteiger partial charge in [-0.3, -0.25) is 9.69 Å². The van der Waals surface area contributed by atoms with Crippen molar-refractivity contribution in [1.29, 1.82) is 0 Å². The van der Waals surface area contributed by atoms with Crippen molar-refractivity contribution in [3.8, 4) is 11.5 Å². The Balaban J connectivity index is 1.41. The Kier molecular flexibility index (Phi) is 8.06. The van der Waals surface area contributed by atoms with Crippen molar-refractivity contribution < 1.29 is 14.3 Å². The van der Waals surface area contributed by atoms with Gasteiger partial charge in [0.15, 0.2) is 11.5 Å². The molecule has 3 aliphatic heterocycles. The summed E-state index contributed by atoms with van der Waals surface area (Å²) in [6.45, 7) is 3.15. The Labute approximate surface area is 222 Å². The summed E-state index contributed by atoms with van der Waals surface area (Å²) < 4.78 is 11.5. The van der Waals surface area contributed by atoms with E-state index in [2.05, 4.69) is 31.6 Å². The van der Waals surface area contributed by atoms with E-state index in [0.29, 0.717) is 60.8 Å². The molecule has 9 heteroatoms. The Morgan fingerprint density at radius 3 is 2.73 bits per heavy atom. The molecule has 8 bridgehead atoms. The number of carbonyl (C=O) groups excluding carboxylic acids is 1. The van der Waals surface area contributed by atoms with Gasteiger partial charge in [-0.05, 0) is 80.2 Å². The van der Waals surface area contributed by atoms with E-state index in [0.717, 1.165) is 54.4 Å². The molecule has 0 spiro atoms. The number of nitrogens with zero attached hydrogens (tertiary/aromatic N) is 3. The van der Waals surface area contributed by atoms with Crippen molar-refractivity contribution >= 4 is 40.5 Å². The number of Topliss-reactive ketones (excluding diaryl/α,β-unsaturated/α-hetero) is 1. The van der Waals surface area contributed by atoms with Gasteiger partial charge in [0.25, 0.3) is 0 Å². The van der Waals surface area contributed by atoms with Crippen LogP contribution in [0.3, 0.4) is 0 Å². The number of hydrogen-bond acceptors (Lipinski definition) is 8. The molecule has 3 aromatic rings. The largest absolute Gasteiger partial charge is 0.493 e. The maximum absolute atomic E-state index is 12.6. The fourth-order valence-electron chi connectivity index (χ4n) is 4.87. The zero-order chi connectivity index (χ0) is 25.6. The normalized spacial score (nSPS) is 20.4. The van der Waals surface area contributed by atoms with Crippen LogP contribution in [0.25, 0.3) is 0 Å². The Morgan fingerprint density at radius 2 is 1.89 bits per heavy atom. The molecule has 6 rings (SSSR count). The van der Waals surface area contributed by atoms with Gasteiger partial charge in [0.1, 0.15) is 11.6 Å². The lowest BCUT2D eigenvalue weighted by Crippen LogP contribution is -2.34. The predicted molar refractivity (Wildman–Crippen MR) is 145 cm³/mol. The van der Waals surface area contributed by atoms with E-state index in [1.165, 1.54) is 0 Å². The van der Waals surface area contributed by atoms with Crippen LogP contribution in [0.5, 0.6) is 11.5 Å². The van der Waals surface area contributed by atoms with Gasteiger partial charge >= 0.3 is 0 Å². The summed E-state index contributed by atoms with van der Waals surface area (Å²) >= 11 is 6.55. The SMILES string of the molecule is COc1ccc2cc1OCCCC(=O)CC1CCN(CC1)Cc1cc(ccc1Cl)Nc1ccnc(n1)N2. The Hall–Kier alpha value is -3.36. The van der Waals surface area contributed by atoms with Crippen LogP contribution >= 0.6 is 11.6 Å². The van der Waals surface area contributed by atoms with Gasteiger partial charge < -0.3 is 20.1 Å². The summed E-state index contributed by atoms with van der Waals surface area (Å²) in [6.07, 6.45) is 5.60. The summed E-state index contributed by atoms with van der Waals surface area (Å²) in [5, 5.41) is 7.35. The van der Waals surface area contributed by atoms with Crippen molar-refractivity contribution in [3.05, 3.63) is 59.2 Å². The number of carbonyl (C=O) groups is 1. The molecule has 8 nitrogen and oxygen atoms in total. The number of halogens is 1. The number of rotatable bonds is 1. The van der Waals surface area contributed by atoms with E-state index in [1.54, 1.807) is 13.3 Å². The topological polar surface area (TPSA) is 88.6 Å². The first-order chi connectivity index (χ1) is 18.1. The number of nitrogens with one attached hydrogen (secondary N) is 2. The van der Waals surface area contributed by atoms with E-state index < -0.39 is 0 Å². The van der Waals surface area contributed by atoms with Crippen LogP contribution < -0.4 is 20.1 Å². The lowest BCUT2D eigenvalue weighted by molar-refractivity contribution is -0.120. The molecule has 2 aromatic carbocycles. The molecule has 37 heavy (non-hydrogen) atoms. The second-order valence-electron chi connectivity index (χ2n) is 9.60. The minimum absolute atomic E-state index is 0.311. The number of methoxy groups -OCH3 is 1. The van der Waals surface area contributed by atoms with Crippen LogP contribution in [0.15, 0.2) is 48.7 Å². The van der Waals surface area contributed by atoms with Crippen LogP contribution in [0.1, 0.15) is 37.7 Å². The molecule has 0 aliphatic carbocycles. The molecule has 0 amide bonds. The summed E-state index contributed by atoms with van der Waals surface area (Å²) in [7, 11) is 1.61. The number of fused-ring (bicyclic) bond motifs is 7. The van der Waals surface area contributed by atoms with E-state index >= 15 is 0 Å². The van der Waals surface area contributed by atoms with Gasteiger partial charge in [0.2, 0.25) is 5.95 Å². The van der Waals surface area contributed by atoms with Crippen LogP contribution in [-0.2, 0) is 11.3 Å². The van der Waals surface area contributed by atoms with Gasteiger partial charge in [-0.2, -0.15) is 4.98 Å². The first-order valence-electron chi connectivity index (χ1n) is 12.8. The highest BCUT2D eigenvalue weighted by Crippen LogP contribution is 2.32. The van der Waals surface area contributed by atoms with E-state index in [9.17, 15) is 4.79 Å². The summed E-state index contributed by atoms with van der Waals surface area (Å²) in [6, 6.07) is 13.3. The molecule has 0 atom stereocenters. The van der Waals surface area contributed by atoms with Gasteiger partial charge in [-0.1, -0.05) is 11.6 Å². The monoisotopic (exact) mass is 521 g/mol. The minimum Gasteiger partial charge on any atom is -0.493 e. The highest BCUT2D eigenvalue weighted by atomic mass is 35.5. The molecule has 1 saturated heterocycles. The Morgan fingerprint density at radius 1 is 1.08 bits per heavy atom. The van der Waals surface area contributed by atoms with Gasteiger partial charge in [-0.15, -0.1) is 0 Å². The molecule has 194 valence electrons. The molecule has 4 heterocycles.